The van der Waals surface area contributed by atoms with E-state index in [1.54, 1.807) is 0 Å². The second-order valence-corrected chi connectivity index (χ2v) is 7.77. The summed E-state index contributed by atoms with van der Waals surface area (Å²) in [6, 6.07) is 7.97. The normalized spacial score (nSPS) is 17.5. The molecule has 0 fully saturated rings. The summed E-state index contributed by atoms with van der Waals surface area (Å²) < 4.78 is 13.3. The molecule has 2 aromatic heterocycles. The lowest BCUT2D eigenvalue weighted by atomic mass is 10.2. The summed E-state index contributed by atoms with van der Waals surface area (Å²) in [6.45, 7) is 7.07. The Labute approximate surface area is 157 Å². The van der Waals surface area contributed by atoms with Gasteiger partial charge in [0.1, 0.15) is 16.9 Å². The number of carbonyl (C=O) groups is 1. The molecule has 0 unspecified atom stereocenters. The van der Waals surface area contributed by atoms with E-state index in [1.807, 2.05) is 45.2 Å². The molecule has 27 heavy (non-hydrogen) atoms. The van der Waals surface area contributed by atoms with Crippen LogP contribution in [0.1, 0.15) is 32.6 Å². The number of hydrogen-bond acceptors (Lipinski definition) is 5. The molecule has 0 bridgehead atoms. The number of fused-ring (bicyclic) bond motifs is 5. The number of aromatic nitrogens is 3. The molecule has 1 aliphatic rings. The molecule has 1 atom stereocenters. The third kappa shape index (κ3) is 3.60. The van der Waals surface area contributed by atoms with Gasteiger partial charge in [-0.05, 0) is 26.8 Å². The van der Waals surface area contributed by atoms with E-state index in [1.165, 1.54) is 0 Å². The van der Waals surface area contributed by atoms with Crippen molar-refractivity contribution in [3.63, 3.8) is 0 Å². The molecule has 1 amide bonds. The van der Waals surface area contributed by atoms with E-state index in [0.29, 0.717) is 19.8 Å². The molecule has 3 heterocycles. The molecule has 0 saturated heterocycles. The van der Waals surface area contributed by atoms with Crippen LogP contribution in [0.5, 0.6) is 0 Å². The van der Waals surface area contributed by atoms with Gasteiger partial charge in [0.25, 0.3) is 0 Å². The summed E-state index contributed by atoms with van der Waals surface area (Å²) in [5.41, 5.74) is 2.31. The molecule has 1 N–H and O–H groups in total. The lowest BCUT2D eigenvalue weighted by molar-refractivity contribution is 0.0505. The Morgan fingerprint density at radius 2 is 2.15 bits per heavy atom. The standard InChI is InChI=1S/C20H24N4O3/c1-20(2,3)27-19(25)22-10-13-12-26-9-8-17-23-16-11-21-15-7-5-4-6-14(15)18(16)24(13)17/h4-7,11,13H,8-10,12H2,1-3H3,(H,22,25)/t13-/m0/s1. The molecule has 0 saturated carbocycles. The lowest BCUT2D eigenvalue weighted by Gasteiger charge is -2.23. The van der Waals surface area contributed by atoms with Crippen LogP contribution >= 0.6 is 0 Å². The molecule has 1 aromatic carbocycles. The smallest absolute Gasteiger partial charge is 0.407 e. The average molecular weight is 368 g/mol. The minimum atomic E-state index is -0.529. The second-order valence-electron chi connectivity index (χ2n) is 7.77. The number of nitrogens with zero attached hydrogens (tertiary/aromatic N) is 3. The van der Waals surface area contributed by atoms with Crippen molar-refractivity contribution < 1.29 is 14.3 Å². The SMILES string of the molecule is CC(C)(C)OC(=O)NC[C@H]1COCCc2nc3cnc4ccccc4c3n21. The minimum absolute atomic E-state index is 0.0641. The first-order valence-electron chi connectivity index (χ1n) is 9.21. The summed E-state index contributed by atoms with van der Waals surface area (Å²) >= 11 is 0. The third-order valence-corrected chi connectivity index (χ3v) is 4.52. The predicted octanol–water partition coefficient (Wildman–Crippen LogP) is 3.22. The molecular weight excluding hydrogens is 344 g/mol. The molecule has 7 heteroatoms. The van der Waals surface area contributed by atoms with Gasteiger partial charge in [0, 0.05) is 18.4 Å². The van der Waals surface area contributed by atoms with Gasteiger partial charge in [-0.3, -0.25) is 4.98 Å². The van der Waals surface area contributed by atoms with Crippen molar-refractivity contribution >= 4 is 28.0 Å². The van der Waals surface area contributed by atoms with Gasteiger partial charge in [-0.25, -0.2) is 9.78 Å². The molecule has 0 aliphatic carbocycles. The number of carbonyl (C=O) groups excluding carboxylic acids is 1. The molecular formula is C20H24N4O3. The molecule has 3 aromatic rings. The summed E-state index contributed by atoms with van der Waals surface area (Å²) in [7, 11) is 0. The Balaban J connectivity index is 1.71. The highest BCUT2D eigenvalue weighted by molar-refractivity contribution is 6.02. The van der Waals surface area contributed by atoms with Crippen LogP contribution in [0.3, 0.4) is 0 Å². The van der Waals surface area contributed by atoms with Crippen LogP contribution in [0, 0.1) is 0 Å². The maximum atomic E-state index is 12.1. The van der Waals surface area contributed by atoms with Crippen molar-refractivity contribution in [3.05, 3.63) is 36.3 Å². The molecule has 4 rings (SSSR count). The van der Waals surface area contributed by atoms with E-state index in [2.05, 4.69) is 20.9 Å². The summed E-state index contributed by atoms with van der Waals surface area (Å²) in [5.74, 6) is 0.955. The highest BCUT2D eigenvalue weighted by Gasteiger charge is 2.25. The minimum Gasteiger partial charge on any atom is -0.444 e. The van der Waals surface area contributed by atoms with Crippen molar-refractivity contribution in [2.45, 2.75) is 38.8 Å². The Kier molecular flexibility index (Phi) is 4.47. The molecule has 142 valence electrons. The fraction of sp³-hybridized carbons (Fsp3) is 0.450. The monoisotopic (exact) mass is 368 g/mol. The fourth-order valence-corrected chi connectivity index (χ4v) is 3.47. The van der Waals surface area contributed by atoms with Crippen molar-refractivity contribution in [2.75, 3.05) is 19.8 Å². The Morgan fingerprint density at radius 3 is 2.96 bits per heavy atom. The van der Waals surface area contributed by atoms with Gasteiger partial charge in [-0.15, -0.1) is 0 Å². The van der Waals surface area contributed by atoms with Gasteiger partial charge >= 0.3 is 6.09 Å². The molecule has 7 nitrogen and oxygen atoms in total. The van der Waals surface area contributed by atoms with Crippen molar-refractivity contribution in [1.82, 2.24) is 19.9 Å². The number of amides is 1. The van der Waals surface area contributed by atoms with Crippen LogP contribution in [-0.4, -0.2) is 46.0 Å². The Morgan fingerprint density at radius 1 is 1.33 bits per heavy atom. The van der Waals surface area contributed by atoms with Crippen LogP contribution < -0.4 is 5.32 Å². The first-order chi connectivity index (χ1) is 12.9. The average Bonchev–Trinajstić information content (AvgIpc) is 2.87. The van der Waals surface area contributed by atoms with Gasteiger partial charge < -0.3 is 19.4 Å². The lowest BCUT2D eigenvalue weighted by Crippen LogP contribution is -2.37. The van der Waals surface area contributed by atoms with Crippen molar-refractivity contribution in [1.29, 1.82) is 0 Å². The van der Waals surface area contributed by atoms with Crippen LogP contribution in [0.15, 0.2) is 30.5 Å². The Hall–Kier alpha value is -2.67. The van der Waals surface area contributed by atoms with Crippen molar-refractivity contribution in [3.8, 4) is 0 Å². The summed E-state index contributed by atoms with van der Waals surface area (Å²) in [5, 5.41) is 3.93. The number of pyridine rings is 1. The van der Waals surface area contributed by atoms with Gasteiger partial charge in [0.05, 0.1) is 36.5 Å². The zero-order chi connectivity index (χ0) is 19.0. The van der Waals surface area contributed by atoms with Gasteiger partial charge in [-0.2, -0.15) is 0 Å². The van der Waals surface area contributed by atoms with Gasteiger partial charge in [0.15, 0.2) is 0 Å². The number of nitrogens with one attached hydrogen (secondary N) is 1. The van der Waals surface area contributed by atoms with Gasteiger partial charge in [0.2, 0.25) is 0 Å². The van der Waals surface area contributed by atoms with E-state index in [9.17, 15) is 4.79 Å². The fourth-order valence-electron chi connectivity index (χ4n) is 3.47. The van der Waals surface area contributed by atoms with E-state index in [4.69, 9.17) is 14.5 Å². The predicted molar refractivity (Wildman–Crippen MR) is 103 cm³/mol. The maximum absolute atomic E-state index is 12.1. The highest BCUT2D eigenvalue weighted by Crippen LogP contribution is 2.29. The Bertz CT molecular complexity index is 990. The maximum Gasteiger partial charge on any atom is 0.407 e. The first kappa shape index (κ1) is 17.7. The van der Waals surface area contributed by atoms with Crippen molar-refractivity contribution in [2.24, 2.45) is 0 Å². The molecule has 0 radical (unpaired) electrons. The van der Waals surface area contributed by atoms with Crippen LogP contribution in [0.2, 0.25) is 0 Å². The summed E-state index contributed by atoms with van der Waals surface area (Å²) in [4.78, 5) is 21.4. The number of alkyl carbamates (subject to hydrolysis) is 1. The second kappa shape index (κ2) is 6.81. The van der Waals surface area contributed by atoms with E-state index in [-0.39, 0.29) is 6.04 Å². The summed E-state index contributed by atoms with van der Waals surface area (Å²) in [6.07, 6.45) is 2.12. The van der Waals surface area contributed by atoms with Crippen LogP contribution in [0.25, 0.3) is 21.9 Å². The first-order valence-corrected chi connectivity index (χ1v) is 9.21. The number of para-hydroxylation sites is 1. The molecule has 0 spiro atoms. The van der Waals surface area contributed by atoms with E-state index >= 15 is 0 Å². The largest absolute Gasteiger partial charge is 0.444 e. The number of benzene rings is 1. The zero-order valence-electron chi connectivity index (χ0n) is 15.9. The van der Waals surface area contributed by atoms with E-state index < -0.39 is 11.7 Å². The van der Waals surface area contributed by atoms with Crippen LogP contribution in [0.4, 0.5) is 4.79 Å². The number of ether oxygens (including phenoxy) is 2. The van der Waals surface area contributed by atoms with Crippen LogP contribution in [-0.2, 0) is 15.9 Å². The number of imidazole rings is 1. The highest BCUT2D eigenvalue weighted by atomic mass is 16.6. The number of hydrogen-bond donors (Lipinski definition) is 1. The quantitative estimate of drug-likeness (QED) is 0.751. The molecule has 1 aliphatic heterocycles. The zero-order valence-corrected chi connectivity index (χ0v) is 15.9. The third-order valence-electron chi connectivity index (χ3n) is 4.52. The topological polar surface area (TPSA) is 78.3 Å². The van der Waals surface area contributed by atoms with Gasteiger partial charge in [-0.1, -0.05) is 18.2 Å². The van der Waals surface area contributed by atoms with E-state index in [0.717, 1.165) is 34.2 Å². The number of rotatable bonds is 2.